The fourth-order valence-electron chi connectivity index (χ4n) is 3.97. The van der Waals surface area contributed by atoms with Crippen molar-refractivity contribution in [2.24, 2.45) is 5.92 Å². The number of fused-ring (bicyclic) bond motifs is 1. The highest BCUT2D eigenvalue weighted by molar-refractivity contribution is 8.26. The van der Waals surface area contributed by atoms with Gasteiger partial charge in [0, 0.05) is 25.8 Å². The first-order valence-corrected chi connectivity index (χ1v) is 12.1. The average molecular weight is 457 g/mol. The van der Waals surface area contributed by atoms with E-state index >= 15 is 0 Å². The van der Waals surface area contributed by atoms with Crippen LogP contribution in [-0.4, -0.2) is 44.1 Å². The van der Waals surface area contributed by atoms with Gasteiger partial charge >= 0.3 is 0 Å². The average Bonchev–Trinajstić information content (AvgIpc) is 3.02. The van der Waals surface area contributed by atoms with E-state index in [9.17, 15) is 9.59 Å². The van der Waals surface area contributed by atoms with Crippen LogP contribution < -0.4 is 10.5 Å². The number of hydrogen-bond donors (Lipinski definition) is 0. The van der Waals surface area contributed by atoms with Crippen molar-refractivity contribution in [1.29, 1.82) is 0 Å². The summed E-state index contributed by atoms with van der Waals surface area (Å²) in [6.45, 7) is 8.62. The van der Waals surface area contributed by atoms with Crippen molar-refractivity contribution in [2.45, 2.75) is 46.5 Å². The van der Waals surface area contributed by atoms with Gasteiger partial charge in [0.15, 0.2) is 0 Å². The third kappa shape index (κ3) is 4.41. The van der Waals surface area contributed by atoms with Gasteiger partial charge in [-0.05, 0) is 49.8 Å². The minimum absolute atomic E-state index is 0.115. The van der Waals surface area contributed by atoms with E-state index in [1.54, 1.807) is 21.6 Å². The summed E-state index contributed by atoms with van der Waals surface area (Å²) in [5, 5.41) is 0. The quantitative estimate of drug-likeness (QED) is 0.495. The summed E-state index contributed by atoms with van der Waals surface area (Å²) in [5.41, 5.74) is 1.92. The monoisotopic (exact) mass is 456 g/mol. The number of nitrogens with zero attached hydrogens (tertiary/aromatic N) is 4. The number of thioether (sulfide) groups is 1. The van der Waals surface area contributed by atoms with Crippen LogP contribution >= 0.6 is 24.0 Å². The molecule has 2 aromatic heterocycles. The van der Waals surface area contributed by atoms with Gasteiger partial charge in [-0.25, -0.2) is 4.98 Å². The van der Waals surface area contributed by atoms with Gasteiger partial charge < -0.3 is 4.90 Å². The van der Waals surface area contributed by atoms with E-state index < -0.39 is 0 Å². The van der Waals surface area contributed by atoms with Crippen molar-refractivity contribution in [2.75, 3.05) is 24.5 Å². The molecule has 0 bridgehead atoms. The topological polar surface area (TPSA) is 57.9 Å². The van der Waals surface area contributed by atoms with Crippen LogP contribution in [0.4, 0.5) is 5.82 Å². The molecule has 2 aliphatic rings. The molecule has 0 radical (unpaired) electrons. The molecule has 8 heteroatoms. The van der Waals surface area contributed by atoms with Gasteiger partial charge in [0.05, 0.1) is 10.5 Å². The number of hydrogen-bond acceptors (Lipinski definition) is 6. The molecule has 4 rings (SSSR count). The van der Waals surface area contributed by atoms with Crippen LogP contribution in [-0.2, 0) is 4.79 Å². The van der Waals surface area contributed by atoms with Gasteiger partial charge in [-0.15, -0.1) is 0 Å². The molecule has 0 N–H and O–H groups in total. The molecule has 0 unspecified atom stereocenters. The molecule has 2 aromatic rings. The van der Waals surface area contributed by atoms with Gasteiger partial charge in [-0.2, -0.15) is 0 Å². The number of piperidine rings is 1. The summed E-state index contributed by atoms with van der Waals surface area (Å²) in [4.78, 5) is 35.7. The Morgan fingerprint density at radius 2 is 2.00 bits per heavy atom. The Hall–Kier alpha value is -2.19. The number of carbonyl (C=O) groups is 1. The van der Waals surface area contributed by atoms with Gasteiger partial charge in [0.1, 0.15) is 15.8 Å². The van der Waals surface area contributed by atoms with Crippen molar-refractivity contribution in [1.82, 2.24) is 14.3 Å². The Morgan fingerprint density at radius 1 is 1.26 bits per heavy atom. The van der Waals surface area contributed by atoms with Crippen LogP contribution in [0.2, 0.25) is 0 Å². The number of aryl methyl sites for hydroxylation is 1. The highest BCUT2D eigenvalue weighted by Crippen LogP contribution is 2.34. The molecule has 0 saturated carbocycles. The number of thiocarbonyl (C=S) groups is 1. The minimum atomic E-state index is -0.152. The lowest BCUT2D eigenvalue weighted by molar-refractivity contribution is -0.122. The normalized spacial score (nSPS) is 19.3. The van der Waals surface area contributed by atoms with Gasteiger partial charge in [0.2, 0.25) is 0 Å². The molecule has 0 aliphatic carbocycles. The summed E-state index contributed by atoms with van der Waals surface area (Å²) < 4.78 is 2.14. The Labute approximate surface area is 192 Å². The van der Waals surface area contributed by atoms with E-state index in [-0.39, 0.29) is 11.5 Å². The predicted octanol–water partition coefficient (Wildman–Crippen LogP) is 4.24. The zero-order chi connectivity index (χ0) is 22.1. The highest BCUT2D eigenvalue weighted by atomic mass is 32.2. The Kier molecular flexibility index (Phi) is 6.48. The third-order valence-corrected chi connectivity index (χ3v) is 7.33. The molecular formula is C23H28N4O2S2. The van der Waals surface area contributed by atoms with Crippen LogP contribution in [0.25, 0.3) is 11.7 Å². The zero-order valence-electron chi connectivity index (χ0n) is 18.3. The summed E-state index contributed by atoms with van der Waals surface area (Å²) in [6, 6.07) is 3.84. The lowest BCUT2D eigenvalue weighted by atomic mass is 9.99. The molecule has 2 aliphatic heterocycles. The fourth-order valence-corrected chi connectivity index (χ4v) is 5.27. The van der Waals surface area contributed by atoms with Gasteiger partial charge in [0.25, 0.3) is 11.5 Å². The predicted molar refractivity (Wildman–Crippen MR) is 132 cm³/mol. The minimum Gasteiger partial charge on any atom is -0.356 e. The molecule has 0 spiro atoms. The van der Waals surface area contributed by atoms with Crippen molar-refractivity contribution >= 4 is 51.7 Å². The molecule has 31 heavy (non-hydrogen) atoms. The number of rotatable bonds is 5. The number of anilines is 1. The summed E-state index contributed by atoms with van der Waals surface area (Å²) in [6.07, 6.45) is 7.53. The van der Waals surface area contributed by atoms with Crippen molar-refractivity contribution in [3.8, 4) is 0 Å². The molecule has 1 amide bonds. The van der Waals surface area contributed by atoms with Crippen LogP contribution in [0.15, 0.2) is 28.0 Å². The maximum atomic E-state index is 13.5. The summed E-state index contributed by atoms with van der Waals surface area (Å²) >= 11 is 6.71. The first kappa shape index (κ1) is 22.0. The fraction of sp³-hybridized carbons (Fsp3) is 0.478. The van der Waals surface area contributed by atoms with E-state index in [1.165, 1.54) is 11.8 Å². The molecule has 2 fully saturated rings. The molecule has 164 valence electrons. The maximum Gasteiger partial charge on any atom is 0.267 e. The molecule has 0 aromatic carbocycles. The van der Waals surface area contributed by atoms with Crippen LogP contribution in [0.1, 0.15) is 50.7 Å². The van der Waals surface area contributed by atoms with Crippen molar-refractivity contribution < 1.29 is 4.79 Å². The van der Waals surface area contributed by atoms with E-state index in [1.807, 2.05) is 19.1 Å². The number of carbonyl (C=O) groups excluding carboxylic acids is 1. The molecule has 0 atom stereocenters. The van der Waals surface area contributed by atoms with E-state index in [2.05, 4.69) is 18.7 Å². The Morgan fingerprint density at radius 3 is 2.71 bits per heavy atom. The van der Waals surface area contributed by atoms with Crippen molar-refractivity contribution in [3.05, 3.63) is 44.7 Å². The molecule has 4 heterocycles. The van der Waals surface area contributed by atoms with Gasteiger partial charge in [-0.3, -0.25) is 18.9 Å². The molecular weight excluding hydrogens is 428 g/mol. The standard InChI is InChI=1S/C23H28N4O2S2/c1-4-5-10-26-22(29)18(31-23(26)30)13-17-20(25-11-8-15(2)9-12-25)24-19-7-6-16(3)14-27(19)21(17)28/h6-7,13-15H,4-5,8-12H2,1-3H3/b18-13-. The summed E-state index contributed by atoms with van der Waals surface area (Å²) in [5.74, 6) is 1.22. The Bertz CT molecular complexity index is 1120. The number of aromatic nitrogens is 2. The lowest BCUT2D eigenvalue weighted by Crippen LogP contribution is -2.36. The third-order valence-electron chi connectivity index (χ3n) is 5.95. The first-order chi connectivity index (χ1) is 14.9. The first-order valence-electron chi connectivity index (χ1n) is 10.9. The SMILES string of the molecule is CCCCN1C(=O)/C(=C/c2c(N3CCC(C)CC3)nc3ccc(C)cn3c2=O)SC1=S. The Balaban J connectivity index is 1.82. The number of amides is 1. The highest BCUT2D eigenvalue weighted by Gasteiger charge is 2.32. The summed E-state index contributed by atoms with van der Waals surface area (Å²) in [7, 11) is 0. The number of unbranched alkanes of at least 4 members (excludes halogenated alkanes) is 1. The smallest absolute Gasteiger partial charge is 0.267 e. The van der Waals surface area contributed by atoms with Crippen LogP contribution in [0.3, 0.4) is 0 Å². The molecule has 6 nitrogen and oxygen atoms in total. The van der Waals surface area contributed by atoms with Gasteiger partial charge in [-0.1, -0.05) is 50.3 Å². The van der Waals surface area contributed by atoms with E-state index in [0.717, 1.165) is 44.3 Å². The van der Waals surface area contributed by atoms with Crippen LogP contribution in [0.5, 0.6) is 0 Å². The van der Waals surface area contributed by atoms with E-state index in [0.29, 0.717) is 38.7 Å². The lowest BCUT2D eigenvalue weighted by Gasteiger charge is -2.32. The van der Waals surface area contributed by atoms with E-state index in [4.69, 9.17) is 17.2 Å². The second-order valence-corrected chi connectivity index (χ2v) is 10.1. The second-order valence-electron chi connectivity index (χ2n) is 8.45. The zero-order valence-corrected chi connectivity index (χ0v) is 19.9. The largest absolute Gasteiger partial charge is 0.356 e. The molecule has 2 saturated heterocycles. The van der Waals surface area contributed by atoms with Crippen molar-refractivity contribution in [3.63, 3.8) is 0 Å². The number of pyridine rings is 1. The maximum absolute atomic E-state index is 13.5. The second kappa shape index (κ2) is 9.12. The van der Waals surface area contributed by atoms with Crippen LogP contribution in [0, 0.1) is 12.8 Å².